The lowest BCUT2D eigenvalue weighted by atomic mass is 10.1. The van der Waals surface area contributed by atoms with Gasteiger partial charge >= 0.3 is 0 Å². The third kappa shape index (κ3) is 3.59. The highest BCUT2D eigenvalue weighted by atomic mass is 28.4. The molecule has 0 bridgehead atoms. The van der Waals surface area contributed by atoms with Gasteiger partial charge in [0.25, 0.3) is 8.32 Å². The van der Waals surface area contributed by atoms with Crippen molar-refractivity contribution in [3.05, 3.63) is 23.8 Å². The summed E-state index contributed by atoms with van der Waals surface area (Å²) in [6.07, 6.45) is 0. The summed E-state index contributed by atoms with van der Waals surface area (Å²) in [4.78, 5) is 11.7. The molecule has 0 aliphatic rings. The van der Waals surface area contributed by atoms with Crippen LogP contribution in [-0.4, -0.2) is 21.2 Å². The van der Waals surface area contributed by atoms with E-state index in [2.05, 4.69) is 33.9 Å². The molecule has 0 saturated carbocycles. The van der Waals surface area contributed by atoms with Gasteiger partial charge in [-0.2, -0.15) is 0 Å². The zero-order valence-electron chi connectivity index (χ0n) is 13.0. The molecule has 0 aromatic heterocycles. The summed E-state index contributed by atoms with van der Waals surface area (Å²) >= 11 is 0. The van der Waals surface area contributed by atoms with Gasteiger partial charge in [0.05, 0.1) is 12.7 Å². The SMILES string of the molecule is COc1ccc(C(C)=O)c(O[Si](C)(C)C(C)(C)C)c1. The van der Waals surface area contributed by atoms with E-state index in [1.807, 2.05) is 0 Å². The Morgan fingerprint density at radius 1 is 1.21 bits per heavy atom. The number of ether oxygens (including phenoxy) is 1. The Bertz CT molecular complexity index is 473. The number of ketones is 1. The van der Waals surface area contributed by atoms with Crippen LogP contribution in [0, 0.1) is 0 Å². The van der Waals surface area contributed by atoms with Gasteiger partial charge in [0, 0.05) is 6.07 Å². The Kier molecular flexibility index (Phi) is 4.45. The van der Waals surface area contributed by atoms with Crippen molar-refractivity contribution in [1.82, 2.24) is 0 Å². The first-order valence-corrected chi connectivity index (χ1v) is 9.37. The third-order valence-corrected chi connectivity index (χ3v) is 8.08. The van der Waals surface area contributed by atoms with E-state index in [0.717, 1.165) is 0 Å². The van der Waals surface area contributed by atoms with Gasteiger partial charge in [-0.05, 0) is 37.2 Å². The largest absolute Gasteiger partial charge is 0.543 e. The molecule has 0 aliphatic carbocycles. The smallest absolute Gasteiger partial charge is 0.250 e. The number of carbonyl (C=O) groups is 1. The molecule has 19 heavy (non-hydrogen) atoms. The van der Waals surface area contributed by atoms with Crippen molar-refractivity contribution in [3.8, 4) is 11.5 Å². The van der Waals surface area contributed by atoms with Gasteiger partial charge in [0.1, 0.15) is 11.5 Å². The summed E-state index contributed by atoms with van der Waals surface area (Å²) in [5.74, 6) is 1.36. The van der Waals surface area contributed by atoms with Gasteiger partial charge in [0.15, 0.2) is 5.78 Å². The summed E-state index contributed by atoms with van der Waals surface area (Å²) in [6, 6.07) is 5.36. The van der Waals surface area contributed by atoms with E-state index in [1.165, 1.54) is 0 Å². The van der Waals surface area contributed by atoms with Gasteiger partial charge < -0.3 is 9.16 Å². The molecule has 106 valence electrons. The highest BCUT2D eigenvalue weighted by Crippen LogP contribution is 2.39. The van der Waals surface area contributed by atoms with Crippen LogP contribution in [-0.2, 0) is 0 Å². The first-order valence-electron chi connectivity index (χ1n) is 6.46. The van der Waals surface area contributed by atoms with Crippen molar-refractivity contribution < 1.29 is 14.0 Å². The van der Waals surface area contributed by atoms with Crippen LogP contribution in [0.2, 0.25) is 18.1 Å². The lowest BCUT2D eigenvalue weighted by Crippen LogP contribution is -2.44. The van der Waals surface area contributed by atoms with Crippen LogP contribution < -0.4 is 9.16 Å². The van der Waals surface area contributed by atoms with Crippen LogP contribution in [0.5, 0.6) is 11.5 Å². The predicted molar refractivity (Wildman–Crippen MR) is 80.8 cm³/mol. The van der Waals surface area contributed by atoms with Crippen molar-refractivity contribution in [2.24, 2.45) is 0 Å². The minimum atomic E-state index is -1.97. The Hall–Kier alpha value is -1.29. The number of hydrogen-bond donors (Lipinski definition) is 0. The highest BCUT2D eigenvalue weighted by Gasteiger charge is 2.39. The predicted octanol–water partition coefficient (Wildman–Crippen LogP) is 4.28. The number of carbonyl (C=O) groups excluding carboxylic acids is 1. The molecule has 0 unspecified atom stereocenters. The van der Waals surface area contributed by atoms with Gasteiger partial charge in [-0.15, -0.1) is 0 Å². The van der Waals surface area contributed by atoms with E-state index >= 15 is 0 Å². The molecule has 0 radical (unpaired) electrons. The fraction of sp³-hybridized carbons (Fsp3) is 0.533. The summed E-state index contributed by atoms with van der Waals surface area (Å²) in [7, 11) is -0.356. The first kappa shape index (κ1) is 15.8. The van der Waals surface area contributed by atoms with Crippen LogP contribution >= 0.6 is 0 Å². The van der Waals surface area contributed by atoms with Crippen LogP contribution in [0.3, 0.4) is 0 Å². The van der Waals surface area contributed by atoms with E-state index in [1.54, 1.807) is 32.2 Å². The maximum absolute atomic E-state index is 11.7. The topological polar surface area (TPSA) is 35.5 Å². The molecule has 1 aromatic carbocycles. The molecule has 0 fully saturated rings. The fourth-order valence-corrected chi connectivity index (χ4v) is 2.46. The molecule has 4 heteroatoms. The van der Waals surface area contributed by atoms with Crippen molar-refractivity contribution in [1.29, 1.82) is 0 Å². The normalized spacial score (nSPS) is 12.2. The second kappa shape index (κ2) is 5.37. The molecular formula is C15H24O3Si. The Labute approximate surface area is 117 Å². The van der Waals surface area contributed by atoms with Crippen LogP contribution in [0.15, 0.2) is 18.2 Å². The maximum Gasteiger partial charge on any atom is 0.250 e. The third-order valence-electron chi connectivity index (χ3n) is 3.74. The summed E-state index contributed by atoms with van der Waals surface area (Å²) in [6.45, 7) is 12.4. The number of Topliss-reactive ketones (excluding diaryl/α,β-unsaturated/α-hetero) is 1. The minimum absolute atomic E-state index is 0.0105. The van der Waals surface area contributed by atoms with E-state index in [9.17, 15) is 4.79 Å². The Morgan fingerprint density at radius 2 is 1.79 bits per heavy atom. The van der Waals surface area contributed by atoms with Gasteiger partial charge in [-0.3, -0.25) is 4.79 Å². The molecule has 3 nitrogen and oxygen atoms in total. The number of rotatable bonds is 4. The molecule has 1 rings (SSSR count). The van der Waals surface area contributed by atoms with Crippen molar-refractivity contribution >= 4 is 14.1 Å². The van der Waals surface area contributed by atoms with Gasteiger partial charge in [-0.1, -0.05) is 20.8 Å². The highest BCUT2D eigenvalue weighted by molar-refractivity contribution is 6.74. The zero-order valence-corrected chi connectivity index (χ0v) is 14.0. The quantitative estimate of drug-likeness (QED) is 0.610. The molecule has 0 N–H and O–H groups in total. The lowest BCUT2D eigenvalue weighted by molar-refractivity contribution is 0.101. The second-order valence-electron chi connectivity index (χ2n) is 6.28. The molecule has 0 spiro atoms. The number of hydrogen-bond acceptors (Lipinski definition) is 3. The molecule has 0 heterocycles. The summed E-state index contributed by atoms with van der Waals surface area (Å²) in [5.41, 5.74) is 0.616. The van der Waals surface area contributed by atoms with Crippen molar-refractivity contribution in [3.63, 3.8) is 0 Å². The van der Waals surface area contributed by atoms with E-state index in [4.69, 9.17) is 9.16 Å². The zero-order chi connectivity index (χ0) is 14.8. The molecule has 0 aliphatic heterocycles. The fourth-order valence-electron chi connectivity index (χ4n) is 1.43. The van der Waals surface area contributed by atoms with E-state index in [-0.39, 0.29) is 10.8 Å². The summed E-state index contributed by atoms with van der Waals surface area (Å²) < 4.78 is 11.5. The number of benzene rings is 1. The van der Waals surface area contributed by atoms with Crippen LogP contribution in [0.1, 0.15) is 38.1 Å². The molecule has 0 amide bonds. The lowest BCUT2D eigenvalue weighted by Gasteiger charge is -2.37. The Morgan fingerprint density at radius 3 is 2.21 bits per heavy atom. The van der Waals surface area contributed by atoms with E-state index in [0.29, 0.717) is 17.1 Å². The van der Waals surface area contributed by atoms with E-state index < -0.39 is 8.32 Å². The number of methoxy groups -OCH3 is 1. The first-order chi connectivity index (χ1) is 8.58. The van der Waals surface area contributed by atoms with Gasteiger partial charge in [-0.25, -0.2) is 0 Å². The molecular weight excluding hydrogens is 256 g/mol. The molecule has 1 aromatic rings. The van der Waals surface area contributed by atoms with Crippen LogP contribution in [0.4, 0.5) is 0 Å². The average molecular weight is 280 g/mol. The Balaban J connectivity index is 3.21. The average Bonchev–Trinajstić information content (AvgIpc) is 2.26. The van der Waals surface area contributed by atoms with Gasteiger partial charge in [0.2, 0.25) is 0 Å². The standard InChI is InChI=1S/C15H24O3Si/c1-11(16)13-9-8-12(17-5)10-14(13)18-19(6,7)15(2,3)4/h8-10H,1-7H3. The van der Waals surface area contributed by atoms with Crippen molar-refractivity contribution in [2.75, 3.05) is 7.11 Å². The summed E-state index contributed by atoms with van der Waals surface area (Å²) in [5, 5.41) is 0.0874. The molecule has 0 saturated heterocycles. The van der Waals surface area contributed by atoms with Crippen molar-refractivity contribution in [2.45, 2.75) is 45.8 Å². The maximum atomic E-state index is 11.7. The minimum Gasteiger partial charge on any atom is -0.543 e. The molecule has 0 atom stereocenters. The second-order valence-corrected chi connectivity index (χ2v) is 11.0. The monoisotopic (exact) mass is 280 g/mol. The van der Waals surface area contributed by atoms with Crippen LogP contribution in [0.25, 0.3) is 0 Å².